The van der Waals surface area contributed by atoms with Crippen molar-refractivity contribution in [2.75, 3.05) is 0 Å². The molecule has 50 heavy (non-hydrogen) atoms. The van der Waals surface area contributed by atoms with E-state index in [0.717, 1.165) is 66.7 Å². The summed E-state index contributed by atoms with van der Waals surface area (Å²) in [5.41, 5.74) is 9.57. The lowest BCUT2D eigenvalue weighted by atomic mass is 9.85. The number of furan rings is 1. The van der Waals surface area contributed by atoms with E-state index in [1.807, 2.05) is 18.2 Å². The Labute approximate surface area is 289 Å². The molecule has 0 saturated heterocycles. The Morgan fingerprint density at radius 1 is 0.720 bits per heavy atom. The van der Waals surface area contributed by atoms with Gasteiger partial charge in [-0.2, -0.15) is 0 Å². The molecule has 0 bridgehead atoms. The highest BCUT2D eigenvalue weighted by Gasteiger charge is 2.39. The molecule has 0 amide bonds. The molecule has 10 rings (SSSR count). The first-order valence-corrected chi connectivity index (χ1v) is 17.1. The molecule has 3 heterocycles. The molecule has 238 valence electrons. The molecule has 4 heteroatoms. The van der Waals surface area contributed by atoms with E-state index in [1.54, 1.807) is 6.08 Å². The maximum Gasteiger partial charge on any atom is 0.164 e. The number of benzene rings is 6. The van der Waals surface area contributed by atoms with Crippen LogP contribution in [0.25, 0.3) is 83.0 Å². The van der Waals surface area contributed by atoms with Crippen molar-refractivity contribution in [3.05, 3.63) is 162 Å². The van der Waals surface area contributed by atoms with Gasteiger partial charge in [0.25, 0.3) is 0 Å². The molecule has 0 radical (unpaired) electrons. The molecule has 0 aliphatic heterocycles. The summed E-state index contributed by atoms with van der Waals surface area (Å²) >= 11 is 0. The molecule has 0 atom stereocenters. The number of aromatic nitrogens is 3. The minimum absolute atomic E-state index is 0.325. The van der Waals surface area contributed by atoms with Crippen LogP contribution in [0.5, 0.6) is 0 Å². The van der Waals surface area contributed by atoms with E-state index in [0.29, 0.717) is 0 Å². The van der Waals surface area contributed by atoms with Crippen molar-refractivity contribution >= 4 is 66.0 Å². The van der Waals surface area contributed by atoms with Gasteiger partial charge in [0.15, 0.2) is 5.82 Å². The smallest absolute Gasteiger partial charge is 0.164 e. The third-order valence-electron chi connectivity index (χ3n) is 10.7. The van der Waals surface area contributed by atoms with E-state index in [2.05, 4.69) is 141 Å². The van der Waals surface area contributed by atoms with Gasteiger partial charge in [0.05, 0.1) is 22.4 Å². The molecule has 1 aliphatic rings. The second-order valence-corrected chi connectivity index (χ2v) is 13.9. The summed E-state index contributed by atoms with van der Waals surface area (Å²) in [5, 5.41) is 9.26. The minimum Gasteiger partial charge on any atom is -0.456 e. The number of allylic oxidation sites excluding steroid dienone is 1. The van der Waals surface area contributed by atoms with Gasteiger partial charge in [0.2, 0.25) is 0 Å². The van der Waals surface area contributed by atoms with Crippen LogP contribution >= 0.6 is 0 Å². The van der Waals surface area contributed by atoms with Crippen LogP contribution in [0.2, 0.25) is 0 Å². The number of nitrogens with zero attached hydrogens (tertiary/aromatic N) is 3. The van der Waals surface area contributed by atoms with E-state index in [9.17, 15) is 0 Å². The van der Waals surface area contributed by atoms with Crippen LogP contribution in [0.1, 0.15) is 37.7 Å². The highest BCUT2D eigenvalue weighted by molar-refractivity contribution is 6.23. The monoisotopic (exact) mass is 643 g/mol. The van der Waals surface area contributed by atoms with Crippen molar-refractivity contribution in [3.8, 4) is 17.1 Å². The third kappa shape index (κ3) is 3.87. The van der Waals surface area contributed by atoms with Crippen LogP contribution in [-0.2, 0) is 5.41 Å². The first-order valence-electron chi connectivity index (χ1n) is 17.1. The quantitative estimate of drug-likeness (QED) is 0.192. The van der Waals surface area contributed by atoms with Crippen LogP contribution in [0.15, 0.2) is 138 Å². The minimum atomic E-state index is -0.325. The summed E-state index contributed by atoms with van der Waals surface area (Å²) in [6.45, 7) is 10.7. The first kappa shape index (κ1) is 28.7. The predicted octanol–water partition coefficient (Wildman–Crippen LogP) is 10.1. The number of fused-ring (bicyclic) bond motifs is 10. The van der Waals surface area contributed by atoms with Crippen LogP contribution in [-0.4, -0.2) is 14.5 Å². The topological polar surface area (TPSA) is 43.9 Å². The average molecular weight is 644 g/mol. The molecule has 3 aromatic heterocycles. The Morgan fingerprint density at radius 3 is 2.24 bits per heavy atom. The summed E-state index contributed by atoms with van der Waals surface area (Å²) in [4.78, 5) is 11.4. The normalized spacial score (nSPS) is 14.6. The lowest BCUT2D eigenvalue weighted by Crippen LogP contribution is -2.25. The van der Waals surface area contributed by atoms with E-state index >= 15 is 0 Å². The Kier molecular flexibility index (Phi) is 5.96. The van der Waals surface area contributed by atoms with E-state index in [4.69, 9.17) is 14.4 Å². The molecular weight excluding hydrogens is 611 g/mol. The molecule has 4 nitrogen and oxygen atoms in total. The maximum atomic E-state index is 6.43. The zero-order valence-electron chi connectivity index (χ0n) is 28.2. The van der Waals surface area contributed by atoms with Gasteiger partial charge in [-0.05, 0) is 69.9 Å². The van der Waals surface area contributed by atoms with Crippen molar-refractivity contribution in [1.82, 2.24) is 14.5 Å². The van der Waals surface area contributed by atoms with E-state index < -0.39 is 0 Å². The van der Waals surface area contributed by atoms with E-state index in [1.165, 1.54) is 37.9 Å². The molecule has 1 aliphatic carbocycles. The number of hydrogen-bond donors (Lipinski definition) is 0. The molecule has 0 spiro atoms. The summed E-state index contributed by atoms with van der Waals surface area (Å²) in [6.07, 6.45) is 3.73. The Bertz CT molecular complexity index is 3050. The lowest BCUT2D eigenvalue weighted by molar-refractivity contribution is 0.575. The second kappa shape index (κ2) is 10.4. The average Bonchev–Trinajstić information content (AvgIpc) is 3.75. The van der Waals surface area contributed by atoms with Gasteiger partial charge < -0.3 is 4.42 Å². The van der Waals surface area contributed by atoms with Gasteiger partial charge in [-0.1, -0.05) is 124 Å². The maximum absolute atomic E-state index is 6.43. The molecule has 0 fully saturated rings. The highest BCUT2D eigenvalue weighted by Crippen LogP contribution is 2.48. The largest absolute Gasteiger partial charge is 0.456 e. The van der Waals surface area contributed by atoms with Crippen molar-refractivity contribution in [2.24, 2.45) is 0 Å². The van der Waals surface area contributed by atoms with Gasteiger partial charge in [0.1, 0.15) is 16.7 Å². The van der Waals surface area contributed by atoms with Crippen molar-refractivity contribution in [2.45, 2.75) is 26.2 Å². The fraction of sp³-hybridized carbons (Fsp3) is 0.0870. The van der Waals surface area contributed by atoms with Gasteiger partial charge >= 0.3 is 0 Å². The van der Waals surface area contributed by atoms with Crippen molar-refractivity contribution in [3.63, 3.8) is 0 Å². The van der Waals surface area contributed by atoms with Gasteiger partial charge in [-0.15, -0.1) is 0 Å². The first-order chi connectivity index (χ1) is 24.4. The Hall–Kier alpha value is -6.26. The molecule has 6 aromatic carbocycles. The molecule has 0 saturated carbocycles. The SMILES string of the molecule is C=C/C=c1/oc2ccccc2/c1=C(/C)c1nc2c(nc1-n1c3cc4ccccc4cc3c3c4ccccc4ccc31)-c1ccccc1C2(C)C. The van der Waals surface area contributed by atoms with Crippen LogP contribution in [0.4, 0.5) is 0 Å². The predicted molar refractivity (Wildman–Crippen MR) is 207 cm³/mol. The number of para-hydroxylation sites is 1. The van der Waals surface area contributed by atoms with E-state index in [-0.39, 0.29) is 5.41 Å². The number of rotatable bonds is 3. The molecule has 0 N–H and O–H groups in total. The third-order valence-corrected chi connectivity index (χ3v) is 10.7. The van der Waals surface area contributed by atoms with Gasteiger partial charge in [-0.25, -0.2) is 9.97 Å². The Morgan fingerprint density at radius 2 is 1.42 bits per heavy atom. The highest BCUT2D eigenvalue weighted by atomic mass is 16.3. The van der Waals surface area contributed by atoms with Crippen molar-refractivity contribution in [1.29, 1.82) is 0 Å². The molecule has 0 unspecified atom stereocenters. The second-order valence-electron chi connectivity index (χ2n) is 13.9. The van der Waals surface area contributed by atoms with Crippen LogP contribution in [0, 0.1) is 0 Å². The summed E-state index contributed by atoms with van der Waals surface area (Å²) < 4.78 is 8.78. The van der Waals surface area contributed by atoms with Gasteiger partial charge in [-0.3, -0.25) is 4.57 Å². The summed E-state index contributed by atoms with van der Waals surface area (Å²) in [5.74, 6) is 0.800. The van der Waals surface area contributed by atoms with Crippen LogP contribution < -0.4 is 10.6 Å². The fourth-order valence-corrected chi connectivity index (χ4v) is 8.31. The summed E-state index contributed by atoms with van der Waals surface area (Å²) in [6, 6.07) is 43.2. The van der Waals surface area contributed by atoms with Crippen LogP contribution in [0.3, 0.4) is 0 Å². The van der Waals surface area contributed by atoms with Crippen molar-refractivity contribution < 1.29 is 4.42 Å². The summed E-state index contributed by atoms with van der Waals surface area (Å²) in [7, 11) is 0. The Balaban J connectivity index is 1.44. The fourth-order valence-electron chi connectivity index (χ4n) is 8.31. The molecule has 9 aromatic rings. The zero-order valence-corrected chi connectivity index (χ0v) is 28.2. The molecular formula is C46H33N3O. The standard InChI is InChI=1S/C46H33N3O/c1-5-14-39-40(33-20-11-13-22-38(33)50-39)27(2)42-45(48-43-32-19-10-12-21-35(32)46(3,4)44(43)47-42)49-36-24-23-28-15-8-9-18-31(28)41(36)34-25-29-16-6-7-17-30(29)26-37(34)49/h5-26H,1H2,2-4H3/b39-14+,40-27+. The zero-order chi connectivity index (χ0) is 33.7. The van der Waals surface area contributed by atoms with Gasteiger partial charge in [0, 0.05) is 32.4 Å². The number of hydrogen-bond acceptors (Lipinski definition) is 3. The lowest BCUT2D eigenvalue weighted by Gasteiger charge is -2.21.